The van der Waals surface area contributed by atoms with E-state index in [0.29, 0.717) is 28.9 Å². The first-order valence-electron chi connectivity index (χ1n) is 11.8. The van der Waals surface area contributed by atoms with Crippen LogP contribution in [0.5, 0.6) is 11.5 Å². The van der Waals surface area contributed by atoms with E-state index >= 15 is 0 Å². The largest absolute Gasteiger partial charge is 0.496 e. The number of fused-ring (bicyclic) bond motifs is 1. The van der Waals surface area contributed by atoms with Crippen molar-refractivity contribution in [3.05, 3.63) is 63.7 Å². The topological polar surface area (TPSA) is 116 Å². The van der Waals surface area contributed by atoms with Crippen LogP contribution in [0.15, 0.2) is 40.8 Å². The smallest absolute Gasteiger partial charge is 0.342 e. The van der Waals surface area contributed by atoms with Crippen molar-refractivity contribution in [2.24, 2.45) is 11.8 Å². The predicted molar refractivity (Wildman–Crippen MR) is 132 cm³/mol. The number of ether oxygens (including phenoxy) is 2. The minimum atomic E-state index is -4.27. The molecule has 2 unspecified atom stereocenters. The summed E-state index contributed by atoms with van der Waals surface area (Å²) in [6, 6.07) is 6.23. The highest BCUT2D eigenvalue weighted by Crippen LogP contribution is 2.44. The quantitative estimate of drug-likeness (QED) is 0.305. The van der Waals surface area contributed by atoms with Crippen molar-refractivity contribution in [3.63, 3.8) is 0 Å². The zero-order valence-corrected chi connectivity index (χ0v) is 21.6. The molecule has 1 heterocycles. The molecule has 2 aromatic rings. The van der Waals surface area contributed by atoms with E-state index < -0.39 is 28.0 Å². The van der Waals surface area contributed by atoms with E-state index in [1.807, 2.05) is 19.9 Å². The molecule has 36 heavy (non-hydrogen) atoms. The molecular weight excluding hydrogens is 484 g/mol. The van der Waals surface area contributed by atoms with Crippen molar-refractivity contribution in [2.45, 2.75) is 58.0 Å². The summed E-state index contributed by atoms with van der Waals surface area (Å²) in [5, 5.41) is 9.58. The number of benzene rings is 2. The minimum Gasteiger partial charge on any atom is -0.496 e. The first kappa shape index (κ1) is 25.8. The van der Waals surface area contributed by atoms with E-state index in [4.69, 9.17) is 13.7 Å². The van der Waals surface area contributed by atoms with Crippen LogP contribution in [-0.2, 0) is 32.7 Å². The second kappa shape index (κ2) is 9.97. The molecule has 1 fully saturated rings. The second-order valence-electron chi connectivity index (χ2n) is 9.38. The number of cyclic esters (lactones) is 1. The van der Waals surface area contributed by atoms with E-state index in [1.54, 1.807) is 19.1 Å². The van der Waals surface area contributed by atoms with Gasteiger partial charge in [0.2, 0.25) is 0 Å². The molecular formula is C27H30O8S. The number of aliphatic carboxylic acids is 1. The lowest BCUT2D eigenvalue weighted by molar-refractivity contribution is -0.142. The average molecular weight is 515 g/mol. The lowest BCUT2D eigenvalue weighted by Crippen LogP contribution is -2.19. The van der Waals surface area contributed by atoms with E-state index in [1.165, 1.54) is 19.2 Å². The maximum atomic E-state index is 13.2. The van der Waals surface area contributed by atoms with Crippen molar-refractivity contribution in [3.8, 4) is 11.5 Å². The zero-order chi connectivity index (χ0) is 26.2. The summed E-state index contributed by atoms with van der Waals surface area (Å²) in [6.45, 7) is 5.51. The van der Waals surface area contributed by atoms with Crippen molar-refractivity contribution in [1.29, 1.82) is 0 Å². The van der Waals surface area contributed by atoms with Gasteiger partial charge >= 0.3 is 22.1 Å². The highest BCUT2D eigenvalue weighted by Gasteiger charge is 2.36. The van der Waals surface area contributed by atoms with E-state index in [-0.39, 0.29) is 35.2 Å². The number of aryl methyl sites for hydroxylation is 1. The van der Waals surface area contributed by atoms with Crippen molar-refractivity contribution in [2.75, 3.05) is 7.11 Å². The third kappa shape index (κ3) is 4.72. The van der Waals surface area contributed by atoms with Crippen LogP contribution in [0.25, 0.3) is 0 Å². The fourth-order valence-corrected chi connectivity index (χ4v) is 6.15. The summed E-state index contributed by atoms with van der Waals surface area (Å²) < 4.78 is 43.0. The molecule has 0 aromatic heterocycles. The van der Waals surface area contributed by atoms with Gasteiger partial charge in [-0.15, -0.1) is 0 Å². The number of carbonyl (C=O) groups excluding carboxylic acids is 1. The average Bonchev–Trinajstić information content (AvgIpc) is 3.47. The maximum Gasteiger partial charge on any atom is 0.342 e. The fourth-order valence-electron chi connectivity index (χ4n) is 5.18. The van der Waals surface area contributed by atoms with Crippen LogP contribution in [0.1, 0.15) is 58.8 Å². The fraction of sp³-hybridized carbons (Fsp3) is 0.407. The van der Waals surface area contributed by atoms with Crippen LogP contribution in [0.4, 0.5) is 0 Å². The first-order chi connectivity index (χ1) is 17.0. The molecule has 0 bridgehead atoms. The summed E-state index contributed by atoms with van der Waals surface area (Å²) in [4.78, 5) is 24.3. The summed E-state index contributed by atoms with van der Waals surface area (Å²) in [6.07, 6.45) is 4.31. The van der Waals surface area contributed by atoms with Gasteiger partial charge in [0.1, 0.15) is 22.8 Å². The van der Waals surface area contributed by atoms with Gasteiger partial charge in [-0.3, -0.25) is 4.79 Å². The normalized spacial score (nSPS) is 19.7. The number of carbonyl (C=O) groups is 2. The standard InChI is InChI=1S/C27H30O8S/c1-15-8-11-18(12-9-15)36(31,32)35-25-21(13-10-16(2)19-6-5-7-20(19)26(28)29)24(33-4)17(3)22-14-34-27(30)23(22)25/h8-12,19-20H,5-7,13-14H2,1-4H3,(H,28,29)/b16-10+. The van der Waals surface area contributed by atoms with Crippen molar-refractivity contribution >= 4 is 22.1 Å². The first-order valence-corrected chi connectivity index (χ1v) is 13.3. The summed E-state index contributed by atoms with van der Waals surface area (Å²) >= 11 is 0. The molecule has 1 saturated carbocycles. The van der Waals surface area contributed by atoms with E-state index in [2.05, 4.69) is 0 Å². The Morgan fingerprint density at radius 2 is 1.81 bits per heavy atom. The number of rotatable bonds is 8. The van der Waals surface area contributed by atoms with Gasteiger partial charge in [-0.05, 0) is 63.6 Å². The molecule has 0 spiro atoms. The Balaban J connectivity index is 1.81. The highest BCUT2D eigenvalue weighted by atomic mass is 32.2. The highest BCUT2D eigenvalue weighted by molar-refractivity contribution is 7.87. The van der Waals surface area contributed by atoms with E-state index in [0.717, 1.165) is 24.0 Å². The number of methoxy groups -OCH3 is 1. The minimum absolute atomic E-state index is 0.00515. The molecule has 2 aliphatic rings. The summed E-state index contributed by atoms with van der Waals surface area (Å²) in [5.41, 5.74) is 3.46. The zero-order valence-electron chi connectivity index (χ0n) is 20.8. The Morgan fingerprint density at radius 1 is 1.14 bits per heavy atom. The van der Waals surface area contributed by atoms with Crippen LogP contribution in [0.3, 0.4) is 0 Å². The number of allylic oxidation sites excluding steroid dienone is 2. The Labute approximate surface area is 211 Å². The van der Waals surface area contributed by atoms with Crippen LogP contribution in [-0.4, -0.2) is 32.6 Å². The number of esters is 1. The van der Waals surface area contributed by atoms with Crippen LogP contribution in [0.2, 0.25) is 0 Å². The van der Waals surface area contributed by atoms with Gasteiger partial charge in [0.05, 0.1) is 13.0 Å². The molecule has 0 radical (unpaired) electrons. The Hall–Kier alpha value is -3.33. The molecule has 1 N–H and O–H groups in total. The molecule has 9 heteroatoms. The lowest BCUT2D eigenvalue weighted by Gasteiger charge is -2.20. The third-order valence-corrected chi connectivity index (χ3v) is 8.41. The van der Waals surface area contributed by atoms with Crippen LogP contribution >= 0.6 is 0 Å². The molecule has 2 aromatic carbocycles. The third-order valence-electron chi connectivity index (χ3n) is 7.18. The van der Waals surface area contributed by atoms with Gasteiger partial charge in [-0.2, -0.15) is 8.42 Å². The van der Waals surface area contributed by atoms with Crippen molar-refractivity contribution < 1.29 is 36.8 Å². The van der Waals surface area contributed by atoms with Crippen LogP contribution < -0.4 is 8.92 Å². The molecule has 1 aliphatic heterocycles. The molecule has 2 atom stereocenters. The van der Waals surface area contributed by atoms with Gasteiger partial charge < -0.3 is 18.8 Å². The molecule has 0 amide bonds. The lowest BCUT2D eigenvalue weighted by atomic mass is 9.88. The van der Waals surface area contributed by atoms with Gasteiger partial charge in [0.15, 0.2) is 5.75 Å². The molecule has 192 valence electrons. The number of carboxylic acid groups (broad SMARTS) is 1. The van der Waals surface area contributed by atoms with Gasteiger partial charge in [-0.1, -0.05) is 35.8 Å². The Bertz CT molecular complexity index is 1340. The van der Waals surface area contributed by atoms with E-state index in [9.17, 15) is 23.1 Å². The van der Waals surface area contributed by atoms with Crippen molar-refractivity contribution in [1.82, 2.24) is 0 Å². The predicted octanol–water partition coefficient (Wildman–Crippen LogP) is 4.74. The molecule has 4 rings (SSSR count). The molecule has 8 nitrogen and oxygen atoms in total. The Morgan fingerprint density at radius 3 is 2.44 bits per heavy atom. The monoisotopic (exact) mass is 514 g/mol. The van der Waals surface area contributed by atoms with Gasteiger partial charge in [0, 0.05) is 11.1 Å². The number of carboxylic acids is 1. The SMILES string of the molecule is COc1c(C)c2c(c(OS(=O)(=O)c3ccc(C)cc3)c1C/C=C(\C)C1CCCC1C(=O)O)C(=O)OC2. The second-order valence-corrected chi connectivity index (χ2v) is 10.9. The Kier molecular flexibility index (Phi) is 7.13. The van der Waals surface area contributed by atoms with Gasteiger partial charge in [0.25, 0.3) is 0 Å². The van der Waals surface area contributed by atoms with Gasteiger partial charge in [-0.25, -0.2) is 4.79 Å². The number of hydrogen-bond acceptors (Lipinski definition) is 7. The number of hydrogen-bond donors (Lipinski definition) is 1. The molecule has 0 saturated heterocycles. The van der Waals surface area contributed by atoms with Crippen LogP contribution in [0, 0.1) is 25.7 Å². The summed E-state index contributed by atoms with van der Waals surface area (Å²) in [5.74, 6) is -1.72. The molecule has 1 aliphatic carbocycles. The summed E-state index contributed by atoms with van der Waals surface area (Å²) in [7, 11) is -2.80. The maximum absolute atomic E-state index is 13.2.